The fourth-order valence-corrected chi connectivity index (χ4v) is 2.25. The number of pyridine rings is 1. The maximum Gasteiger partial charge on any atom is 0.264 e. The number of hydrogen-bond donors (Lipinski definition) is 0. The Bertz CT molecular complexity index is 480. The van der Waals surface area contributed by atoms with Gasteiger partial charge in [-0.1, -0.05) is 0 Å². The second-order valence-corrected chi connectivity index (χ2v) is 5.49. The molecule has 17 heavy (non-hydrogen) atoms. The zero-order valence-electron chi connectivity index (χ0n) is 9.66. The minimum atomic E-state index is -3.36. The van der Waals surface area contributed by atoms with Crippen LogP contribution in [0.1, 0.15) is 0 Å². The standard InChI is InChI=1S/C10H14N2O4S/c1-15-10-4-3-8(5-11-10)12-6-9(7-12)16-17(2,13)14/h3-5,9H,6-7H2,1-2H3. The van der Waals surface area contributed by atoms with Gasteiger partial charge in [0.25, 0.3) is 10.1 Å². The highest BCUT2D eigenvalue weighted by Crippen LogP contribution is 2.23. The van der Waals surface area contributed by atoms with Gasteiger partial charge >= 0.3 is 0 Å². The molecule has 2 heterocycles. The van der Waals surface area contributed by atoms with Crippen LogP contribution < -0.4 is 9.64 Å². The maximum atomic E-state index is 10.9. The number of anilines is 1. The SMILES string of the molecule is COc1ccc(N2CC(OS(C)(=O)=O)C2)cn1. The normalized spacial score (nSPS) is 16.7. The fraction of sp³-hybridized carbons (Fsp3) is 0.500. The van der Waals surface area contributed by atoms with Crippen LogP contribution in [0.4, 0.5) is 5.69 Å². The van der Waals surface area contributed by atoms with E-state index in [4.69, 9.17) is 8.92 Å². The molecule has 94 valence electrons. The van der Waals surface area contributed by atoms with Crippen molar-refractivity contribution in [2.24, 2.45) is 0 Å². The average molecular weight is 258 g/mol. The van der Waals surface area contributed by atoms with Crippen molar-refractivity contribution < 1.29 is 17.3 Å². The van der Waals surface area contributed by atoms with Crippen LogP contribution >= 0.6 is 0 Å². The lowest BCUT2D eigenvalue weighted by molar-refractivity contribution is 0.177. The van der Waals surface area contributed by atoms with E-state index in [0.717, 1.165) is 11.9 Å². The molecule has 0 N–H and O–H groups in total. The second kappa shape index (κ2) is 4.50. The second-order valence-electron chi connectivity index (χ2n) is 3.89. The first kappa shape index (κ1) is 12.1. The van der Waals surface area contributed by atoms with Crippen molar-refractivity contribution in [1.29, 1.82) is 0 Å². The van der Waals surface area contributed by atoms with Crippen molar-refractivity contribution in [2.75, 3.05) is 31.4 Å². The lowest BCUT2D eigenvalue weighted by Gasteiger charge is -2.39. The van der Waals surface area contributed by atoms with Crippen molar-refractivity contribution in [3.8, 4) is 5.88 Å². The predicted molar refractivity (Wildman–Crippen MR) is 62.7 cm³/mol. The number of rotatable bonds is 4. The van der Waals surface area contributed by atoms with Gasteiger partial charge in [0.15, 0.2) is 0 Å². The third kappa shape index (κ3) is 3.07. The minimum Gasteiger partial charge on any atom is -0.481 e. The van der Waals surface area contributed by atoms with Crippen LogP contribution in [0.5, 0.6) is 5.88 Å². The van der Waals surface area contributed by atoms with E-state index in [1.807, 2.05) is 11.0 Å². The quantitative estimate of drug-likeness (QED) is 0.721. The van der Waals surface area contributed by atoms with Gasteiger partial charge in [0, 0.05) is 19.2 Å². The van der Waals surface area contributed by atoms with Gasteiger partial charge in [-0.15, -0.1) is 0 Å². The van der Waals surface area contributed by atoms with Crippen molar-refractivity contribution in [3.05, 3.63) is 18.3 Å². The molecule has 1 aromatic rings. The summed E-state index contributed by atoms with van der Waals surface area (Å²) in [6.45, 7) is 1.11. The maximum absolute atomic E-state index is 10.9. The Morgan fingerprint density at radius 3 is 2.59 bits per heavy atom. The molecule has 1 fully saturated rings. The first-order valence-electron chi connectivity index (χ1n) is 5.11. The number of aromatic nitrogens is 1. The fourth-order valence-electron chi connectivity index (χ4n) is 1.64. The number of methoxy groups -OCH3 is 1. The molecule has 1 aliphatic rings. The van der Waals surface area contributed by atoms with Gasteiger partial charge in [-0.3, -0.25) is 4.18 Å². The summed E-state index contributed by atoms with van der Waals surface area (Å²) >= 11 is 0. The molecule has 6 nitrogen and oxygen atoms in total. The Hall–Kier alpha value is -1.34. The summed E-state index contributed by atoms with van der Waals surface area (Å²) in [5.41, 5.74) is 0.930. The van der Waals surface area contributed by atoms with E-state index in [-0.39, 0.29) is 6.10 Å². The highest BCUT2D eigenvalue weighted by molar-refractivity contribution is 7.86. The summed E-state index contributed by atoms with van der Waals surface area (Å²) in [5.74, 6) is 0.554. The number of hydrogen-bond acceptors (Lipinski definition) is 6. The summed E-state index contributed by atoms with van der Waals surface area (Å²) < 4.78 is 31.6. The summed E-state index contributed by atoms with van der Waals surface area (Å²) in [4.78, 5) is 6.07. The molecule has 0 saturated carbocycles. The van der Waals surface area contributed by atoms with Gasteiger partial charge in [0.2, 0.25) is 5.88 Å². The molecule has 0 aliphatic carbocycles. The molecular weight excluding hydrogens is 244 g/mol. The van der Waals surface area contributed by atoms with Crippen molar-refractivity contribution >= 4 is 15.8 Å². The van der Waals surface area contributed by atoms with Crippen LogP contribution in [0.25, 0.3) is 0 Å². The van der Waals surface area contributed by atoms with E-state index in [1.165, 1.54) is 0 Å². The van der Waals surface area contributed by atoms with Gasteiger partial charge in [-0.05, 0) is 6.07 Å². The molecule has 0 unspecified atom stereocenters. The smallest absolute Gasteiger partial charge is 0.264 e. The van der Waals surface area contributed by atoms with E-state index in [2.05, 4.69) is 4.98 Å². The van der Waals surface area contributed by atoms with Crippen LogP contribution in [0.2, 0.25) is 0 Å². The average Bonchev–Trinajstić information content (AvgIpc) is 2.22. The Labute approximate surface area is 100 Å². The topological polar surface area (TPSA) is 68.7 Å². The zero-order chi connectivity index (χ0) is 12.5. The van der Waals surface area contributed by atoms with Gasteiger partial charge in [-0.2, -0.15) is 8.42 Å². The van der Waals surface area contributed by atoms with E-state index in [0.29, 0.717) is 19.0 Å². The molecule has 7 heteroatoms. The van der Waals surface area contributed by atoms with E-state index in [1.54, 1.807) is 19.4 Å². The Morgan fingerprint density at radius 1 is 1.41 bits per heavy atom. The Kier molecular flexibility index (Phi) is 3.21. The van der Waals surface area contributed by atoms with Crippen LogP contribution in [0.15, 0.2) is 18.3 Å². The monoisotopic (exact) mass is 258 g/mol. The molecule has 1 aromatic heterocycles. The highest BCUT2D eigenvalue weighted by atomic mass is 32.2. The number of ether oxygens (including phenoxy) is 1. The van der Waals surface area contributed by atoms with Crippen LogP contribution in [-0.4, -0.2) is 46.0 Å². The van der Waals surface area contributed by atoms with E-state index < -0.39 is 10.1 Å². The third-order valence-corrected chi connectivity index (χ3v) is 3.08. The first-order valence-corrected chi connectivity index (χ1v) is 6.93. The lowest BCUT2D eigenvalue weighted by Crippen LogP contribution is -2.53. The van der Waals surface area contributed by atoms with Crippen molar-refractivity contribution in [3.63, 3.8) is 0 Å². The molecule has 0 spiro atoms. The zero-order valence-corrected chi connectivity index (χ0v) is 10.5. The summed E-state index contributed by atoms with van der Waals surface area (Å²) in [6.07, 6.45) is 2.49. The lowest BCUT2D eigenvalue weighted by atomic mass is 10.1. The van der Waals surface area contributed by atoms with Crippen molar-refractivity contribution in [2.45, 2.75) is 6.10 Å². The largest absolute Gasteiger partial charge is 0.481 e. The molecule has 0 amide bonds. The first-order chi connectivity index (χ1) is 7.98. The van der Waals surface area contributed by atoms with Gasteiger partial charge in [0.05, 0.1) is 25.2 Å². The van der Waals surface area contributed by atoms with Crippen LogP contribution in [0.3, 0.4) is 0 Å². The molecule has 0 bridgehead atoms. The Balaban J connectivity index is 1.90. The van der Waals surface area contributed by atoms with E-state index in [9.17, 15) is 8.42 Å². The molecule has 2 rings (SSSR count). The molecule has 0 aromatic carbocycles. The van der Waals surface area contributed by atoms with Gasteiger partial charge < -0.3 is 9.64 Å². The van der Waals surface area contributed by atoms with Gasteiger partial charge in [-0.25, -0.2) is 4.98 Å². The van der Waals surface area contributed by atoms with Crippen molar-refractivity contribution in [1.82, 2.24) is 4.98 Å². The molecule has 1 saturated heterocycles. The summed E-state index contributed by atoms with van der Waals surface area (Å²) in [7, 11) is -1.81. The predicted octanol–water partition coefficient (Wildman–Crippen LogP) is 0.255. The molecule has 0 radical (unpaired) electrons. The molecule has 0 atom stereocenters. The van der Waals surface area contributed by atoms with Gasteiger partial charge in [0.1, 0.15) is 6.10 Å². The summed E-state index contributed by atoms with van der Waals surface area (Å²) in [5, 5.41) is 0. The molecular formula is C10H14N2O4S. The highest BCUT2D eigenvalue weighted by Gasteiger charge is 2.30. The molecule has 1 aliphatic heterocycles. The minimum absolute atomic E-state index is 0.257. The van der Waals surface area contributed by atoms with E-state index >= 15 is 0 Å². The summed E-state index contributed by atoms with van der Waals surface area (Å²) in [6, 6.07) is 3.64. The van der Waals surface area contributed by atoms with Crippen LogP contribution in [0, 0.1) is 0 Å². The third-order valence-electron chi connectivity index (χ3n) is 2.45. The van der Waals surface area contributed by atoms with Crippen LogP contribution in [-0.2, 0) is 14.3 Å². The number of nitrogens with zero attached hydrogens (tertiary/aromatic N) is 2. The Morgan fingerprint density at radius 2 is 2.12 bits per heavy atom.